The second kappa shape index (κ2) is 4.38. The summed E-state index contributed by atoms with van der Waals surface area (Å²) in [4.78, 5) is 4.28. The molecule has 4 nitrogen and oxygen atoms in total. The van der Waals surface area contributed by atoms with Crippen molar-refractivity contribution in [1.29, 1.82) is 5.26 Å². The van der Waals surface area contributed by atoms with Crippen molar-refractivity contribution < 1.29 is 0 Å². The molecule has 2 aromatic heterocycles. The predicted octanol–water partition coefficient (Wildman–Crippen LogP) is 2.90. The van der Waals surface area contributed by atoms with Gasteiger partial charge in [-0.15, -0.1) is 0 Å². The highest BCUT2D eigenvalue weighted by Crippen LogP contribution is 2.23. The molecule has 2 heterocycles. The molecule has 18 heavy (non-hydrogen) atoms. The van der Waals surface area contributed by atoms with Crippen molar-refractivity contribution in [3.8, 4) is 11.8 Å². The molecule has 0 amide bonds. The fourth-order valence-electron chi connectivity index (χ4n) is 1.88. The molecule has 0 spiro atoms. The zero-order chi connectivity index (χ0) is 12.5. The van der Waals surface area contributed by atoms with Crippen molar-refractivity contribution in [2.45, 2.75) is 0 Å². The van der Waals surface area contributed by atoms with Crippen LogP contribution < -0.4 is 0 Å². The first-order chi connectivity index (χ1) is 8.79. The molecule has 3 rings (SSSR count). The van der Waals surface area contributed by atoms with E-state index in [0.717, 1.165) is 20.2 Å². The van der Waals surface area contributed by atoms with Gasteiger partial charge in [0.2, 0.25) is 0 Å². The lowest BCUT2D eigenvalue weighted by atomic mass is 10.1. The maximum absolute atomic E-state index is 9.21. The highest BCUT2D eigenvalue weighted by atomic mass is 127. The highest BCUT2D eigenvalue weighted by Gasteiger charge is 2.11. The van der Waals surface area contributed by atoms with Crippen LogP contribution >= 0.6 is 22.6 Å². The molecule has 5 heteroatoms. The van der Waals surface area contributed by atoms with E-state index in [0.29, 0.717) is 5.56 Å². The van der Waals surface area contributed by atoms with Crippen molar-refractivity contribution in [3.05, 3.63) is 52.0 Å². The van der Waals surface area contributed by atoms with Crippen LogP contribution in [0.2, 0.25) is 0 Å². The Morgan fingerprint density at radius 3 is 2.78 bits per heavy atom. The van der Waals surface area contributed by atoms with Crippen molar-refractivity contribution in [1.82, 2.24) is 14.8 Å². The van der Waals surface area contributed by atoms with Gasteiger partial charge in [-0.1, -0.05) is 18.2 Å². The van der Waals surface area contributed by atoms with Crippen LogP contribution in [0.1, 0.15) is 5.56 Å². The van der Waals surface area contributed by atoms with Crippen LogP contribution in [0.4, 0.5) is 0 Å². The third kappa shape index (κ3) is 1.75. The molecular weight excluding hydrogens is 339 g/mol. The Morgan fingerprint density at radius 2 is 2.06 bits per heavy atom. The number of pyridine rings is 1. The Bertz CT molecular complexity index is 770. The Balaban J connectivity index is 2.41. The van der Waals surface area contributed by atoms with Gasteiger partial charge in [-0.25, -0.2) is 4.68 Å². The van der Waals surface area contributed by atoms with Crippen molar-refractivity contribution in [2.75, 3.05) is 0 Å². The maximum Gasteiger partial charge on any atom is 0.103 e. The van der Waals surface area contributed by atoms with E-state index in [1.165, 1.54) is 0 Å². The molecule has 0 saturated carbocycles. The summed E-state index contributed by atoms with van der Waals surface area (Å²) in [6, 6.07) is 9.91. The van der Waals surface area contributed by atoms with Gasteiger partial charge in [-0.3, -0.25) is 4.98 Å². The van der Waals surface area contributed by atoms with Gasteiger partial charge in [0, 0.05) is 17.8 Å². The third-order valence-electron chi connectivity index (χ3n) is 2.65. The summed E-state index contributed by atoms with van der Waals surface area (Å²) < 4.78 is 2.75. The number of nitriles is 1. The zero-order valence-corrected chi connectivity index (χ0v) is 11.4. The van der Waals surface area contributed by atoms with Crippen LogP contribution in [-0.2, 0) is 0 Å². The normalized spacial score (nSPS) is 10.4. The Kier molecular flexibility index (Phi) is 2.72. The second-order valence-electron chi connectivity index (χ2n) is 3.75. The average Bonchev–Trinajstić information content (AvgIpc) is 2.83. The molecule has 0 aliphatic heterocycles. The number of hydrogen-bond donors (Lipinski definition) is 0. The van der Waals surface area contributed by atoms with E-state index in [1.807, 2.05) is 30.5 Å². The molecule has 0 N–H and O–H groups in total. The summed E-state index contributed by atoms with van der Waals surface area (Å²) in [6.45, 7) is 0. The van der Waals surface area contributed by atoms with Gasteiger partial charge >= 0.3 is 0 Å². The van der Waals surface area contributed by atoms with Gasteiger partial charge in [0.15, 0.2) is 0 Å². The summed E-state index contributed by atoms with van der Waals surface area (Å²) in [7, 11) is 0. The maximum atomic E-state index is 9.21. The number of para-hydroxylation sites is 1. The van der Waals surface area contributed by atoms with Gasteiger partial charge in [-0.05, 0) is 28.7 Å². The van der Waals surface area contributed by atoms with Crippen LogP contribution in [0.25, 0.3) is 16.6 Å². The summed E-state index contributed by atoms with van der Waals surface area (Å²) >= 11 is 2.19. The monoisotopic (exact) mass is 346 g/mol. The van der Waals surface area contributed by atoms with Gasteiger partial charge in [0.25, 0.3) is 0 Å². The van der Waals surface area contributed by atoms with Crippen molar-refractivity contribution in [3.63, 3.8) is 0 Å². The Hall–Kier alpha value is -1.94. The number of rotatable bonds is 1. The lowest BCUT2D eigenvalue weighted by Crippen LogP contribution is -2.00. The van der Waals surface area contributed by atoms with Crippen LogP contribution in [-0.4, -0.2) is 14.8 Å². The Morgan fingerprint density at radius 1 is 1.22 bits per heavy atom. The molecule has 0 aliphatic rings. The molecule has 0 aliphatic carbocycles. The number of hydrogen-bond acceptors (Lipinski definition) is 3. The Labute approximate surface area is 117 Å². The minimum Gasteiger partial charge on any atom is -0.255 e. The standard InChI is InChI=1S/C13H7IN4/c14-10-7-17-18(8-10)13-9(5-15)6-16-12-4-2-1-3-11(12)13/h1-4,6-8H. The fraction of sp³-hybridized carbons (Fsp3) is 0. The smallest absolute Gasteiger partial charge is 0.103 e. The number of benzene rings is 1. The number of fused-ring (bicyclic) bond motifs is 1. The molecule has 0 unspecified atom stereocenters. The van der Waals surface area contributed by atoms with Crippen LogP contribution in [0, 0.1) is 14.9 Å². The topological polar surface area (TPSA) is 54.5 Å². The first-order valence-corrected chi connectivity index (χ1v) is 6.36. The second-order valence-corrected chi connectivity index (χ2v) is 5.00. The molecule has 0 atom stereocenters. The van der Waals surface area contributed by atoms with E-state index >= 15 is 0 Å². The fourth-order valence-corrected chi connectivity index (χ4v) is 2.27. The lowest BCUT2D eigenvalue weighted by molar-refractivity contribution is 0.883. The van der Waals surface area contributed by atoms with Gasteiger partial charge < -0.3 is 0 Å². The minimum atomic E-state index is 0.521. The van der Waals surface area contributed by atoms with Crippen LogP contribution in [0.15, 0.2) is 42.9 Å². The first-order valence-electron chi connectivity index (χ1n) is 5.28. The largest absolute Gasteiger partial charge is 0.255 e. The van der Waals surface area contributed by atoms with Gasteiger partial charge in [-0.2, -0.15) is 10.4 Å². The zero-order valence-electron chi connectivity index (χ0n) is 9.21. The number of halogens is 1. The molecule has 0 fully saturated rings. The highest BCUT2D eigenvalue weighted by molar-refractivity contribution is 14.1. The summed E-state index contributed by atoms with van der Waals surface area (Å²) in [6.07, 6.45) is 5.24. The minimum absolute atomic E-state index is 0.521. The molecule has 0 radical (unpaired) electrons. The average molecular weight is 346 g/mol. The van der Waals surface area contributed by atoms with E-state index < -0.39 is 0 Å². The predicted molar refractivity (Wildman–Crippen MR) is 76.3 cm³/mol. The van der Waals surface area contributed by atoms with Crippen LogP contribution in [0.3, 0.4) is 0 Å². The lowest BCUT2D eigenvalue weighted by Gasteiger charge is -2.07. The molecule has 0 bridgehead atoms. The summed E-state index contributed by atoms with van der Waals surface area (Å²) in [5.74, 6) is 0. The van der Waals surface area contributed by atoms with E-state index in [2.05, 4.69) is 38.7 Å². The van der Waals surface area contributed by atoms with Crippen LogP contribution in [0.5, 0.6) is 0 Å². The molecule has 0 saturated heterocycles. The SMILES string of the molecule is N#Cc1cnc2ccccc2c1-n1cc(I)cn1. The van der Waals surface area contributed by atoms with E-state index in [-0.39, 0.29) is 0 Å². The molecule has 86 valence electrons. The molecular formula is C13H7IN4. The first kappa shape index (κ1) is 11.2. The summed E-state index contributed by atoms with van der Waals surface area (Å²) in [5, 5.41) is 14.4. The van der Waals surface area contributed by atoms with Crippen molar-refractivity contribution in [2.24, 2.45) is 0 Å². The number of nitrogens with zero attached hydrogens (tertiary/aromatic N) is 4. The number of aromatic nitrogens is 3. The van der Waals surface area contributed by atoms with E-state index in [1.54, 1.807) is 17.1 Å². The van der Waals surface area contributed by atoms with Gasteiger partial charge in [0.1, 0.15) is 6.07 Å². The molecule has 1 aromatic carbocycles. The van der Waals surface area contributed by atoms with E-state index in [9.17, 15) is 5.26 Å². The summed E-state index contributed by atoms with van der Waals surface area (Å²) in [5.41, 5.74) is 2.16. The quantitative estimate of drug-likeness (QED) is 0.637. The van der Waals surface area contributed by atoms with E-state index in [4.69, 9.17) is 0 Å². The molecule has 3 aromatic rings. The van der Waals surface area contributed by atoms with Gasteiger partial charge in [0.05, 0.1) is 26.5 Å². The van der Waals surface area contributed by atoms with Crippen molar-refractivity contribution >= 4 is 33.5 Å². The third-order valence-corrected chi connectivity index (χ3v) is 3.20.